The van der Waals surface area contributed by atoms with Crippen molar-refractivity contribution < 1.29 is 24.1 Å². The van der Waals surface area contributed by atoms with Crippen LogP contribution in [0.2, 0.25) is 0 Å². The largest absolute Gasteiger partial charge is 0.487 e. The van der Waals surface area contributed by atoms with Crippen LogP contribution in [0.1, 0.15) is 19.4 Å². The second-order valence-corrected chi connectivity index (χ2v) is 7.74. The lowest BCUT2D eigenvalue weighted by molar-refractivity contribution is 0.132. The molecule has 34 heavy (non-hydrogen) atoms. The van der Waals surface area contributed by atoms with E-state index in [0.717, 1.165) is 16.6 Å². The predicted molar refractivity (Wildman–Crippen MR) is 134 cm³/mol. The normalized spacial score (nSPS) is 10.7. The van der Waals surface area contributed by atoms with Crippen LogP contribution in [0.5, 0.6) is 11.5 Å². The van der Waals surface area contributed by atoms with E-state index in [1.807, 2.05) is 36.4 Å². The van der Waals surface area contributed by atoms with Crippen LogP contribution in [0.3, 0.4) is 0 Å². The Kier molecular flexibility index (Phi) is 10.4. The molecule has 0 aliphatic rings. The summed E-state index contributed by atoms with van der Waals surface area (Å²) in [6.45, 7) is 4.96. The molecule has 2 N–H and O–H groups in total. The van der Waals surface area contributed by atoms with E-state index in [-0.39, 0.29) is 12.4 Å². The number of halogens is 1. The topological polar surface area (TPSA) is 95.0 Å². The van der Waals surface area contributed by atoms with Crippen molar-refractivity contribution in [2.45, 2.75) is 19.4 Å². The summed E-state index contributed by atoms with van der Waals surface area (Å²) in [7, 11) is 3.24. The van der Waals surface area contributed by atoms with Crippen molar-refractivity contribution in [2.24, 2.45) is 0 Å². The minimum absolute atomic E-state index is 0. The Morgan fingerprint density at radius 3 is 2.26 bits per heavy atom. The second-order valence-electron chi connectivity index (χ2n) is 7.74. The molecule has 0 amide bonds. The van der Waals surface area contributed by atoms with Crippen LogP contribution in [0.4, 0.5) is 11.5 Å². The number of methoxy groups -OCH3 is 2. The standard InChI is InChI=1S/C25H29N3O5.ClH/c1-25(2,29)9-8-18-6-5-7-19(14-18)28-24-20-15-22(32-12-10-30-3)23(33-13-11-31-4)16-21(20)26-17-27-24;/h5-7,14-17,29H,10-13H2,1-4H3,(H,26,27,28);1H. The highest BCUT2D eigenvalue weighted by Crippen LogP contribution is 2.35. The van der Waals surface area contributed by atoms with E-state index in [1.165, 1.54) is 6.33 Å². The molecular formula is C25H30ClN3O5. The highest BCUT2D eigenvalue weighted by atomic mass is 35.5. The summed E-state index contributed by atoms with van der Waals surface area (Å²) >= 11 is 0. The smallest absolute Gasteiger partial charge is 0.163 e. The van der Waals surface area contributed by atoms with Gasteiger partial charge in [-0.15, -0.1) is 12.4 Å². The first-order chi connectivity index (χ1) is 15.9. The summed E-state index contributed by atoms with van der Waals surface area (Å²) in [6, 6.07) is 11.3. The average Bonchev–Trinajstić information content (AvgIpc) is 2.78. The van der Waals surface area contributed by atoms with Crippen molar-refractivity contribution in [3.05, 3.63) is 48.3 Å². The number of benzene rings is 2. The van der Waals surface area contributed by atoms with E-state index in [2.05, 4.69) is 27.1 Å². The highest BCUT2D eigenvalue weighted by Gasteiger charge is 2.13. The van der Waals surface area contributed by atoms with Gasteiger partial charge in [0.15, 0.2) is 11.5 Å². The number of ether oxygens (including phenoxy) is 4. The highest BCUT2D eigenvalue weighted by molar-refractivity contribution is 5.93. The zero-order chi connectivity index (χ0) is 23.7. The molecule has 182 valence electrons. The molecule has 3 rings (SSSR count). The molecule has 0 bridgehead atoms. The molecular weight excluding hydrogens is 458 g/mol. The van der Waals surface area contributed by atoms with Gasteiger partial charge in [0.1, 0.15) is 31.0 Å². The van der Waals surface area contributed by atoms with Crippen molar-refractivity contribution >= 4 is 34.8 Å². The van der Waals surface area contributed by atoms with Crippen molar-refractivity contribution in [3.8, 4) is 23.3 Å². The maximum atomic E-state index is 9.85. The quantitative estimate of drug-likeness (QED) is 0.327. The van der Waals surface area contributed by atoms with E-state index < -0.39 is 5.60 Å². The van der Waals surface area contributed by atoms with Gasteiger partial charge in [0.05, 0.1) is 18.7 Å². The predicted octanol–water partition coefficient (Wildman–Crippen LogP) is 3.97. The van der Waals surface area contributed by atoms with Crippen molar-refractivity contribution in [1.82, 2.24) is 9.97 Å². The Hall–Kier alpha value is -3.09. The van der Waals surface area contributed by atoms with Crippen LogP contribution in [0.25, 0.3) is 10.9 Å². The maximum Gasteiger partial charge on any atom is 0.163 e. The molecule has 8 nitrogen and oxygen atoms in total. The van der Waals surface area contributed by atoms with Crippen LogP contribution in [-0.2, 0) is 9.47 Å². The zero-order valence-corrected chi connectivity index (χ0v) is 20.6. The van der Waals surface area contributed by atoms with Gasteiger partial charge in [-0.25, -0.2) is 9.97 Å². The number of aliphatic hydroxyl groups is 1. The lowest BCUT2D eigenvalue weighted by atomic mass is 10.1. The Morgan fingerprint density at radius 2 is 1.62 bits per heavy atom. The lowest BCUT2D eigenvalue weighted by Crippen LogP contribution is -2.14. The number of hydrogen-bond donors (Lipinski definition) is 2. The number of nitrogens with one attached hydrogen (secondary N) is 1. The fraction of sp³-hybridized carbons (Fsp3) is 0.360. The van der Waals surface area contributed by atoms with Crippen LogP contribution in [0.15, 0.2) is 42.7 Å². The van der Waals surface area contributed by atoms with Gasteiger partial charge in [0.25, 0.3) is 0 Å². The number of anilines is 2. The average molecular weight is 488 g/mol. The molecule has 9 heteroatoms. The van der Waals surface area contributed by atoms with Gasteiger partial charge in [-0.3, -0.25) is 0 Å². The van der Waals surface area contributed by atoms with E-state index in [4.69, 9.17) is 18.9 Å². The summed E-state index contributed by atoms with van der Waals surface area (Å²) in [5.41, 5.74) is 1.23. The molecule has 0 unspecified atom stereocenters. The summed E-state index contributed by atoms with van der Waals surface area (Å²) in [4.78, 5) is 8.81. The minimum Gasteiger partial charge on any atom is -0.487 e. The van der Waals surface area contributed by atoms with Gasteiger partial charge >= 0.3 is 0 Å². The molecule has 0 aliphatic carbocycles. The molecule has 0 spiro atoms. The monoisotopic (exact) mass is 487 g/mol. The minimum atomic E-state index is -1.06. The molecule has 3 aromatic rings. The first kappa shape index (κ1) is 27.2. The Morgan fingerprint density at radius 1 is 0.941 bits per heavy atom. The molecule has 0 aliphatic heterocycles. The second kappa shape index (κ2) is 13.0. The molecule has 0 saturated heterocycles. The van der Waals surface area contributed by atoms with Gasteiger partial charge in [0, 0.05) is 36.9 Å². The summed E-state index contributed by atoms with van der Waals surface area (Å²) in [5, 5.41) is 14.0. The number of fused-ring (bicyclic) bond motifs is 1. The molecule has 0 atom stereocenters. The van der Waals surface area contributed by atoms with Crippen LogP contribution >= 0.6 is 12.4 Å². The van der Waals surface area contributed by atoms with Gasteiger partial charge < -0.3 is 29.4 Å². The number of rotatable bonds is 10. The maximum absolute atomic E-state index is 9.85. The lowest BCUT2D eigenvalue weighted by Gasteiger charge is -2.15. The molecule has 0 radical (unpaired) electrons. The third-order valence-electron chi connectivity index (χ3n) is 4.43. The van der Waals surface area contributed by atoms with Gasteiger partial charge in [-0.1, -0.05) is 17.9 Å². The van der Waals surface area contributed by atoms with Gasteiger partial charge in [0.2, 0.25) is 0 Å². The van der Waals surface area contributed by atoms with Crippen molar-refractivity contribution in [2.75, 3.05) is 46.0 Å². The molecule has 1 heterocycles. The summed E-state index contributed by atoms with van der Waals surface area (Å²) < 4.78 is 21.9. The third-order valence-corrected chi connectivity index (χ3v) is 4.43. The van der Waals surface area contributed by atoms with Crippen molar-refractivity contribution in [1.29, 1.82) is 0 Å². The van der Waals surface area contributed by atoms with E-state index in [9.17, 15) is 5.11 Å². The fourth-order valence-electron chi connectivity index (χ4n) is 2.90. The number of aromatic nitrogens is 2. The molecule has 2 aromatic carbocycles. The Bertz CT molecular complexity index is 1140. The molecule has 0 saturated carbocycles. The first-order valence-electron chi connectivity index (χ1n) is 10.5. The van der Waals surface area contributed by atoms with E-state index >= 15 is 0 Å². The summed E-state index contributed by atoms with van der Waals surface area (Å²) in [6.07, 6.45) is 1.49. The first-order valence-corrected chi connectivity index (χ1v) is 10.5. The van der Waals surface area contributed by atoms with Crippen LogP contribution < -0.4 is 14.8 Å². The van der Waals surface area contributed by atoms with Crippen molar-refractivity contribution in [3.63, 3.8) is 0 Å². The van der Waals surface area contributed by atoms with E-state index in [0.29, 0.717) is 49.3 Å². The Balaban J connectivity index is 0.00000408. The van der Waals surface area contributed by atoms with Gasteiger partial charge in [-0.2, -0.15) is 0 Å². The van der Waals surface area contributed by atoms with Crippen LogP contribution in [0, 0.1) is 11.8 Å². The number of hydrogen-bond acceptors (Lipinski definition) is 8. The third kappa shape index (κ3) is 8.04. The van der Waals surface area contributed by atoms with E-state index in [1.54, 1.807) is 28.1 Å². The molecule has 1 aromatic heterocycles. The number of nitrogens with zero attached hydrogens (tertiary/aromatic N) is 2. The SMILES string of the molecule is COCCOc1cc2ncnc(Nc3cccc(C#CC(C)(C)O)c3)c2cc1OCCOC.Cl. The van der Waals surface area contributed by atoms with Crippen LogP contribution in [-0.4, -0.2) is 61.3 Å². The Labute approximate surface area is 206 Å². The molecule has 0 fully saturated rings. The zero-order valence-electron chi connectivity index (χ0n) is 19.8. The van der Waals surface area contributed by atoms with Gasteiger partial charge in [-0.05, 0) is 38.1 Å². The summed E-state index contributed by atoms with van der Waals surface area (Å²) in [5.74, 6) is 7.57. The fourth-order valence-corrected chi connectivity index (χ4v) is 2.90.